The molecule has 0 radical (unpaired) electrons. The summed E-state index contributed by atoms with van der Waals surface area (Å²) in [7, 11) is 0. The Morgan fingerprint density at radius 2 is 2.41 bits per heavy atom. The lowest BCUT2D eigenvalue weighted by Crippen LogP contribution is -2.25. The van der Waals surface area contributed by atoms with Crippen LogP contribution in [0, 0.1) is 23.1 Å². The van der Waals surface area contributed by atoms with Crippen LogP contribution >= 0.6 is 0 Å². The molecule has 1 atom stereocenters. The summed E-state index contributed by atoms with van der Waals surface area (Å²) in [6.07, 6.45) is 0.787. The minimum atomic E-state index is -0.484. The van der Waals surface area contributed by atoms with E-state index in [1.807, 2.05) is 6.07 Å². The van der Waals surface area contributed by atoms with Crippen LogP contribution in [0.2, 0.25) is 0 Å². The van der Waals surface area contributed by atoms with Gasteiger partial charge in [-0.3, -0.25) is 4.79 Å². The zero-order valence-electron chi connectivity index (χ0n) is 9.16. The molecule has 2 N–H and O–H groups in total. The normalized spacial score (nSPS) is 18.7. The number of nitrogens with one attached hydrogen (secondary N) is 2. The van der Waals surface area contributed by atoms with E-state index in [1.165, 1.54) is 12.1 Å². The first-order valence-corrected chi connectivity index (χ1v) is 5.42. The van der Waals surface area contributed by atoms with Crippen molar-refractivity contribution < 1.29 is 9.18 Å². The summed E-state index contributed by atoms with van der Waals surface area (Å²) >= 11 is 0. The number of carbonyl (C=O) groups excluding carboxylic acids is 1. The third-order valence-electron chi connectivity index (χ3n) is 2.79. The monoisotopic (exact) mass is 233 g/mol. The number of anilines is 1. The van der Waals surface area contributed by atoms with Gasteiger partial charge in [0.25, 0.3) is 0 Å². The first-order chi connectivity index (χ1) is 8.20. The van der Waals surface area contributed by atoms with Crippen LogP contribution in [0.3, 0.4) is 0 Å². The number of hydrogen-bond donors (Lipinski definition) is 2. The highest BCUT2D eigenvalue weighted by atomic mass is 19.1. The number of benzene rings is 1. The lowest BCUT2D eigenvalue weighted by Gasteiger charge is -2.10. The van der Waals surface area contributed by atoms with E-state index in [1.54, 1.807) is 0 Å². The summed E-state index contributed by atoms with van der Waals surface area (Å²) in [4.78, 5) is 11.8. The minimum Gasteiger partial charge on any atom is -0.325 e. The molecule has 0 aliphatic carbocycles. The van der Waals surface area contributed by atoms with Crippen molar-refractivity contribution in [2.45, 2.75) is 6.42 Å². The Balaban J connectivity index is 2.13. The molecule has 5 heteroatoms. The molecule has 0 aromatic heterocycles. The topological polar surface area (TPSA) is 64.9 Å². The fraction of sp³-hybridized carbons (Fsp3) is 0.333. The van der Waals surface area contributed by atoms with Gasteiger partial charge in [-0.2, -0.15) is 5.26 Å². The molecule has 1 fully saturated rings. The predicted molar refractivity (Wildman–Crippen MR) is 60.7 cm³/mol. The Hall–Kier alpha value is -1.93. The summed E-state index contributed by atoms with van der Waals surface area (Å²) in [6, 6.07) is 5.61. The van der Waals surface area contributed by atoms with Gasteiger partial charge in [-0.05, 0) is 31.2 Å². The minimum absolute atomic E-state index is 0.0772. The second-order valence-electron chi connectivity index (χ2n) is 3.98. The molecule has 0 saturated carbocycles. The molecule has 1 saturated heterocycles. The van der Waals surface area contributed by atoms with Crippen molar-refractivity contribution in [1.82, 2.24) is 5.32 Å². The zero-order chi connectivity index (χ0) is 12.3. The van der Waals surface area contributed by atoms with Gasteiger partial charge in [0.15, 0.2) is 0 Å². The van der Waals surface area contributed by atoms with Gasteiger partial charge in [0.05, 0.1) is 17.2 Å². The molecule has 1 aromatic rings. The fourth-order valence-electron chi connectivity index (χ4n) is 1.83. The first-order valence-electron chi connectivity index (χ1n) is 5.42. The highest BCUT2D eigenvalue weighted by molar-refractivity contribution is 5.94. The molecule has 1 aromatic carbocycles. The van der Waals surface area contributed by atoms with Gasteiger partial charge in [-0.1, -0.05) is 0 Å². The maximum atomic E-state index is 12.9. The molecule has 1 aliphatic heterocycles. The lowest BCUT2D eigenvalue weighted by atomic mass is 10.1. The third kappa shape index (κ3) is 2.60. The number of rotatable bonds is 2. The second-order valence-corrected chi connectivity index (χ2v) is 3.98. The van der Waals surface area contributed by atoms with Gasteiger partial charge < -0.3 is 10.6 Å². The van der Waals surface area contributed by atoms with Gasteiger partial charge in [0, 0.05) is 6.54 Å². The van der Waals surface area contributed by atoms with Crippen LogP contribution in [0.1, 0.15) is 12.0 Å². The Morgan fingerprint density at radius 1 is 1.59 bits per heavy atom. The summed E-state index contributed by atoms with van der Waals surface area (Å²) < 4.78 is 12.9. The number of carbonyl (C=O) groups is 1. The van der Waals surface area contributed by atoms with Crippen LogP contribution in [-0.4, -0.2) is 19.0 Å². The quantitative estimate of drug-likeness (QED) is 0.807. The van der Waals surface area contributed by atoms with Crippen molar-refractivity contribution >= 4 is 11.6 Å². The SMILES string of the molecule is N#Cc1cc(F)ccc1NC(=O)C1CCNC1. The molecular formula is C12H12FN3O. The Morgan fingerprint density at radius 3 is 3.06 bits per heavy atom. The maximum Gasteiger partial charge on any atom is 0.228 e. The van der Waals surface area contributed by atoms with E-state index in [0.717, 1.165) is 19.0 Å². The van der Waals surface area contributed by atoms with E-state index >= 15 is 0 Å². The number of nitriles is 1. The van der Waals surface area contributed by atoms with E-state index < -0.39 is 5.82 Å². The van der Waals surface area contributed by atoms with Gasteiger partial charge >= 0.3 is 0 Å². The van der Waals surface area contributed by atoms with Crippen LogP contribution in [0.25, 0.3) is 0 Å². The Labute approximate surface area is 98.4 Å². The van der Waals surface area contributed by atoms with Gasteiger partial charge in [-0.25, -0.2) is 4.39 Å². The van der Waals surface area contributed by atoms with E-state index in [0.29, 0.717) is 12.2 Å². The highest BCUT2D eigenvalue weighted by Crippen LogP contribution is 2.18. The Kier molecular flexibility index (Phi) is 3.35. The summed E-state index contributed by atoms with van der Waals surface area (Å²) in [6.45, 7) is 1.47. The summed E-state index contributed by atoms with van der Waals surface area (Å²) in [5.41, 5.74) is 0.509. The second kappa shape index (κ2) is 4.93. The number of amides is 1. The molecule has 17 heavy (non-hydrogen) atoms. The molecule has 1 heterocycles. The first kappa shape index (κ1) is 11.6. The largest absolute Gasteiger partial charge is 0.325 e. The standard InChI is InChI=1S/C12H12FN3O/c13-10-1-2-11(9(5-10)6-14)16-12(17)8-3-4-15-7-8/h1-2,5,8,15H,3-4,7H2,(H,16,17). The van der Waals surface area contributed by atoms with Crippen LogP contribution in [-0.2, 0) is 4.79 Å². The van der Waals surface area contributed by atoms with E-state index in [9.17, 15) is 9.18 Å². The van der Waals surface area contributed by atoms with Crippen molar-refractivity contribution in [2.24, 2.45) is 5.92 Å². The van der Waals surface area contributed by atoms with Crippen LogP contribution in [0.4, 0.5) is 10.1 Å². The summed E-state index contributed by atoms with van der Waals surface area (Å²) in [5, 5.41) is 14.6. The molecule has 1 unspecified atom stereocenters. The molecule has 1 aliphatic rings. The smallest absolute Gasteiger partial charge is 0.228 e. The predicted octanol–water partition coefficient (Wildman–Crippen LogP) is 1.25. The van der Waals surface area contributed by atoms with Crippen molar-refractivity contribution in [2.75, 3.05) is 18.4 Å². The average molecular weight is 233 g/mol. The number of halogens is 1. The van der Waals surface area contributed by atoms with Gasteiger partial charge in [-0.15, -0.1) is 0 Å². The maximum absolute atomic E-state index is 12.9. The number of hydrogen-bond acceptors (Lipinski definition) is 3. The van der Waals surface area contributed by atoms with E-state index in [2.05, 4.69) is 10.6 Å². The van der Waals surface area contributed by atoms with Gasteiger partial charge in [0.2, 0.25) is 5.91 Å². The van der Waals surface area contributed by atoms with Crippen molar-refractivity contribution in [1.29, 1.82) is 5.26 Å². The van der Waals surface area contributed by atoms with Crippen molar-refractivity contribution in [3.05, 3.63) is 29.6 Å². The van der Waals surface area contributed by atoms with Crippen molar-refractivity contribution in [3.63, 3.8) is 0 Å². The molecule has 88 valence electrons. The highest BCUT2D eigenvalue weighted by Gasteiger charge is 2.22. The van der Waals surface area contributed by atoms with Crippen LogP contribution < -0.4 is 10.6 Å². The molecular weight excluding hydrogens is 221 g/mol. The average Bonchev–Trinajstić information content (AvgIpc) is 2.85. The lowest BCUT2D eigenvalue weighted by molar-refractivity contribution is -0.119. The fourth-order valence-corrected chi connectivity index (χ4v) is 1.83. The molecule has 0 bridgehead atoms. The van der Waals surface area contributed by atoms with Gasteiger partial charge in [0.1, 0.15) is 11.9 Å². The van der Waals surface area contributed by atoms with Crippen LogP contribution in [0.5, 0.6) is 0 Å². The summed E-state index contributed by atoms with van der Waals surface area (Å²) in [5.74, 6) is -0.688. The molecule has 1 amide bonds. The van der Waals surface area contributed by atoms with Crippen molar-refractivity contribution in [3.8, 4) is 6.07 Å². The molecule has 0 spiro atoms. The van der Waals surface area contributed by atoms with E-state index in [-0.39, 0.29) is 17.4 Å². The number of nitrogens with zero attached hydrogens (tertiary/aromatic N) is 1. The zero-order valence-corrected chi connectivity index (χ0v) is 9.16. The third-order valence-corrected chi connectivity index (χ3v) is 2.79. The van der Waals surface area contributed by atoms with Crippen LogP contribution in [0.15, 0.2) is 18.2 Å². The molecule has 2 rings (SSSR count). The van der Waals surface area contributed by atoms with E-state index in [4.69, 9.17) is 5.26 Å². The Bertz CT molecular complexity index is 475. The molecule has 4 nitrogen and oxygen atoms in total.